The average Bonchev–Trinajstić information content (AvgIpc) is 2.72. The lowest BCUT2D eigenvalue weighted by Crippen LogP contribution is -2.07. The molecule has 2 heterocycles. The van der Waals surface area contributed by atoms with Gasteiger partial charge in [-0.05, 0) is 0 Å². The first kappa shape index (κ1) is 11.8. The van der Waals surface area contributed by atoms with Crippen LogP contribution in [-0.2, 0) is 5.75 Å². The predicted octanol–water partition coefficient (Wildman–Crippen LogP) is 0.0704. The number of hydrogen-bond acceptors (Lipinski definition) is 10. The Hall–Kier alpha value is -1.65. The highest BCUT2D eigenvalue weighted by Gasteiger charge is 2.09. The molecule has 0 amide bonds. The van der Waals surface area contributed by atoms with Crippen LogP contribution in [0.25, 0.3) is 0 Å². The molecule has 0 spiro atoms. The molecular formula is C7H10N8S2. The molecule has 2 rings (SSSR count). The van der Waals surface area contributed by atoms with Gasteiger partial charge in [-0.3, -0.25) is 0 Å². The fourth-order valence-corrected chi connectivity index (χ4v) is 2.46. The highest BCUT2D eigenvalue weighted by molar-refractivity contribution is 7.98. The zero-order valence-electron chi connectivity index (χ0n) is 8.62. The molecule has 90 valence electrons. The Kier molecular flexibility index (Phi) is 3.56. The second-order valence-corrected chi connectivity index (χ2v) is 4.68. The van der Waals surface area contributed by atoms with Crippen LogP contribution in [0.2, 0.25) is 0 Å². The number of nitrogens with one attached hydrogen (secondary N) is 1. The van der Waals surface area contributed by atoms with Gasteiger partial charge in [0.05, 0.1) is 0 Å². The van der Waals surface area contributed by atoms with Crippen LogP contribution in [0, 0.1) is 0 Å². The molecular weight excluding hydrogens is 260 g/mol. The van der Waals surface area contributed by atoms with E-state index in [-0.39, 0.29) is 0 Å². The van der Waals surface area contributed by atoms with E-state index in [4.69, 9.17) is 17.3 Å². The Morgan fingerprint density at radius 1 is 1.29 bits per heavy atom. The zero-order valence-corrected chi connectivity index (χ0v) is 10.3. The summed E-state index contributed by atoms with van der Waals surface area (Å²) >= 11 is 2.55. The number of thioether (sulfide) groups is 1. The van der Waals surface area contributed by atoms with Crippen molar-refractivity contribution in [3.63, 3.8) is 0 Å². The molecule has 0 bridgehead atoms. The van der Waals surface area contributed by atoms with Crippen molar-refractivity contribution >= 4 is 39.9 Å². The van der Waals surface area contributed by atoms with Gasteiger partial charge in [-0.25, -0.2) is 15.8 Å². The van der Waals surface area contributed by atoms with Crippen LogP contribution in [-0.4, -0.2) is 19.6 Å². The summed E-state index contributed by atoms with van der Waals surface area (Å²) in [4.78, 5) is 8.08. The van der Waals surface area contributed by atoms with Crippen LogP contribution in [0.1, 0.15) is 5.69 Å². The van der Waals surface area contributed by atoms with Crippen LogP contribution < -0.4 is 22.7 Å². The molecule has 10 heteroatoms. The number of hydrazine groups is 1. The van der Waals surface area contributed by atoms with Crippen molar-refractivity contribution in [3.8, 4) is 0 Å². The summed E-state index contributed by atoms with van der Waals surface area (Å²) < 4.78 is 3.79. The van der Waals surface area contributed by atoms with Crippen molar-refractivity contribution in [1.29, 1.82) is 0 Å². The van der Waals surface area contributed by atoms with E-state index >= 15 is 0 Å². The Morgan fingerprint density at radius 3 is 2.65 bits per heavy atom. The van der Waals surface area contributed by atoms with Gasteiger partial charge in [0, 0.05) is 23.4 Å². The highest BCUT2D eigenvalue weighted by Crippen LogP contribution is 2.25. The molecule has 0 aliphatic carbocycles. The Morgan fingerprint density at radius 2 is 2.00 bits per heavy atom. The van der Waals surface area contributed by atoms with Crippen molar-refractivity contribution in [2.75, 3.05) is 16.9 Å². The largest absolute Gasteiger partial charge is 0.383 e. The second-order valence-electron chi connectivity index (χ2n) is 2.98. The monoisotopic (exact) mass is 270 g/mol. The van der Waals surface area contributed by atoms with Crippen molar-refractivity contribution in [2.24, 2.45) is 5.84 Å². The number of nitrogens with two attached hydrogens (primary N) is 3. The molecule has 8 nitrogen and oxygen atoms in total. The summed E-state index contributed by atoms with van der Waals surface area (Å²) in [6.45, 7) is 0. The zero-order chi connectivity index (χ0) is 12.3. The molecule has 0 radical (unpaired) electrons. The first-order chi connectivity index (χ1) is 8.19. The van der Waals surface area contributed by atoms with E-state index in [9.17, 15) is 0 Å². The normalized spacial score (nSPS) is 10.4. The van der Waals surface area contributed by atoms with Gasteiger partial charge >= 0.3 is 0 Å². The highest BCUT2D eigenvalue weighted by atomic mass is 32.2. The van der Waals surface area contributed by atoms with Gasteiger partial charge in [0.15, 0.2) is 5.16 Å². The van der Waals surface area contributed by atoms with E-state index < -0.39 is 0 Å². The Bertz CT molecular complexity index is 492. The van der Waals surface area contributed by atoms with Crippen molar-refractivity contribution in [1.82, 2.24) is 19.6 Å². The maximum absolute atomic E-state index is 5.56. The fourth-order valence-electron chi connectivity index (χ4n) is 1.07. The Labute approximate surface area is 105 Å². The quantitative estimate of drug-likeness (QED) is 0.263. The van der Waals surface area contributed by atoms with Crippen LogP contribution in [0.5, 0.6) is 0 Å². The molecule has 2 aromatic heterocycles. The fraction of sp³-hybridized carbons (Fsp3) is 0.143. The Balaban J connectivity index is 2.07. The van der Waals surface area contributed by atoms with Crippen LogP contribution in [0.3, 0.4) is 0 Å². The molecule has 17 heavy (non-hydrogen) atoms. The summed E-state index contributed by atoms with van der Waals surface area (Å²) in [6.07, 6.45) is 0. The van der Waals surface area contributed by atoms with Gasteiger partial charge in [-0.2, -0.15) is 0 Å². The minimum absolute atomic E-state index is 0.341. The van der Waals surface area contributed by atoms with E-state index in [2.05, 4.69) is 25.0 Å². The molecule has 0 saturated carbocycles. The third kappa shape index (κ3) is 2.93. The minimum Gasteiger partial charge on any atom is -0.383 e. The maximum atomic E-state index is 5.56. The van der Waals surface area contributed by atoms with Crippen molar-refractivity contribution in [2.45, 2.75) is 10.9 Å². The number of rotatable bonds is 4. The third-order valence-corrected chi connectivity index (χ3v) is 3.33. The maximum Gasteiger partial charge on any atom is 0.191 e. The molecule has 0 saturated heterocycles. The van der Waals surface area contributed by atoms with Gasteiger partial charge in [-0.1, -0.05) is 16.3 Å². The van der Waals surface area contributed by atoms with Crippen molar-refractivity contribution < 1.29 is 0 Å². The van der Waals surface area contributed by atoms with E-state index in [1.54, 1.807) is 0 Å². The van der Waals surface area contributed by atoms with Gasteiger partial charge in [0.1, 0.15) is 22.3 Å². The number of nitrogen functional groups attached to an aromatic ring is 3. The lowest BCUT2D eigenvalue weighted by atomic mass is 10.5. The first-order valence-electron chi connectivity index (χ1n) is 4.49. The molecule has 0 aliphatic heterocycles. The smallest absolute Gasteiger partial charge is 0.191 e. The van der Waals surface area contributed by atoms with Crippen LogP contribution in [0.4, 0.5) is 16.6 Å². The molecule has 0 fully saturated rings. The van der Waals surface area contributed by atoms with E-state index in [0.717, 1.165) is 10.7 Å². The molecule has 7 N–H and O–H groups in total. The van der Waals surface area contributed by atoms with Gasteiger partial charge < -0.3 is 16.9 Å². The first-order valence-corrected chi connectivity index (χ1v) is 6.25. The summed E-state index contributed by atoms with van der Waals surface area (Å²) in [5, 5.41) is 5.15. The topological polar surface area (TPSA) is 142 Å². The number of anilines is 3. The predicted molar refractivity (Wildman–Crippen MR) is 68.1 cm³/mol. The lowest BCUT2D eigenvalue weighted by Gasteiger charge is -2.02. The van der Waals surface area contributed by atoms with Gasteiger partial charge in [-0.15, -0.1) is 5.10 Å². The van der Waals surface area contributed by atoms with Crippen molar-refractivity contribution in [3.05, 3.63) is 11.8 Å². The van der Waals surface area contributed by atoms with E-state index in [1.807, 2.05) is 0 Å². The third-order valence-electron chi connectivity index (χ3n) is 1.77. The average molecular weight is 270 g/mol. The summed E-state index contributed by atoms with van der Waals surface area (Å²) in [5.41, 5.74) is 14.4. The second kappa shape index (κ2) is 5.12. The van der Waals surface area contributed by atoms with Crippen LogP contribution in [0.15, 0.2) is 11.2 Å². The number of aromatic nitrogens is 4. The van der Waals surface area contributed by atoms with Gasteiger partial charge in [0.25, 0.3) is 0 Å². The molecule has 2 aromatic rings. The van der Waals surface area contributed by atoms with Gasteiger partial charge in [0.2, 0.25) is 0 Å². The summed E-state index contributed by atoms with van der Waals surface area (Å²) in [5.74, 6) is 6.54. The molecule has 0 unspecified atom stereocenters. The summed E-state index contributed by atoms with van der Waals surface area (Å²) in [7, 11) is 0. The van der Waals surface area contributed by atoms with Crippen LogP contribution >= 0.6 is 23.3 Å². The standard InChI is InChI=1S/C7H10N8S2/c8-4-1-5(9)12-7(11-4)16-2-3-6(13-10)17-15-14-3/h1,13H,2,10H2,(H4,8,9,11,12). The minimum atomic E-state index is 0.341. The number of hydrogen-bond donors (Lipinski definition) is 4. The summed E-state index contributed by atoms with van der Waals surface area (Å²) in [6, 6.07) is 1.50. The molecule has 0 aliphatic rings. The lowest BCUT2D eigenvalue weighted by molar-refractivity contribution is 0.979. The SMILES string of the molecule is NNc1snnc1CSc1nc(N)cc(N)n1. The number of nitrogens with zero attached hydrogens (tertiary/aromatic N) is 4. The van der Waals surface area contributed by atoms with E-state index in [1.165, 1.54) is 29.4 Å². The van der Waals surface area contributed by atoms with E-state index in [0.29, 0.717) is 22.5 Å². The molecule has 0 atom stereocenters. The molecule has 0 aromatic carbocycles.